The Hall–Kier alpha value is -1.57. The van der Waals surface area contributed by atoms with E-state index < -0.39 is 21.7 Å². The lowest BCUT2D eigenvalue weighted by Crippen LogP contribution is -2.23. The lowest BCUT2D eigenvalue weighted by Gasteiger charge is -2.07. The van der Waals surface area contributed by atoms with E-state index in [2.05, 4.69) is 9.71 Å². The first kappa shape index (κ1) is 14.8. The number of sulfonamides is 1. The summed E-state index contributed by atoms with van der Waals surface area (Å²) in [4.78, 5) is 3.56. The fraction of sp³-hybridized carbons (Fsp3) is 0.0833. The second-order valence-corrected chi connectivity index (χ2v) is 6.03. The third kappa shape index (κ3) is 3.50. The minimum Gasteiger partial charge on any atom is -0.243 e. The van der Waals surface area contributed by atoms with Crippen LogP contribution in [0.15, 0.2) is 41.4 Å². The van der Waals surface area contributed by atoms with E-state index in [1.165, 1.54) is 18.2 Å². The third-order valence-corrected chi connectivity index (χ3v) is 4.09. The van der Waals surface area contributed by atoms with E-state index in [1.54, 1.807) is 0 Å². The van der Waals surface area contributed by atoms with Gasteiger partial charge in [0.15, 0.2) is 0 Å². The molecule has 1 aromatic heterocycles. The molecule has 0 saturated carbocycles. The zero-order valence-electron chi connectivity index (χ0n) is 9.98. The lowest BCUT2D eigenvalue weighted by molar-refractivity contribution is 0.562. The number of pyridine rings is 1. The largest absolute Gasteiger partial charge is 0.243 e. The van der Waals surface area contributed by atoms with Crippen LogP contribution in [-0.2, 0) is 16.6 Å². The number of nitrogens with zero attached hydrogens (tertiary/aromatic N) is 1. The average molecular weight is 319 g/mol. The van der Waals surface area contributed by atoms with Gasteiger partial charge in [0.2, 0.25) is 10.0 Å². The van der Waals surface area contributed by atoms with Crippen LogP contribution < -0.4 is 4.72 Å². The predicted octanol–water partition coefficient (Wildman–Crippen LogP) is 2.49. The quantitative estimate of drug-likeness (QED) is 0.881. The van der Waals surface area contributed by atoms with Crippen molar-refractivity contribution in [3.63, 3.8) is 0 Å². The average Bonchev–Trinajstić information content (AvgIpc) is 2.38. The summed E-state index contributed by atoms with van der Waals surface area (Å²) in [7, 11) is -3.83. The van der Waals surface area contributed by atoms with E-state index in [4.69, 9.17) is 11.6 Å². The summed E-state index contributed by atoms with van der Waals surface area (Å²) in [5, 5.41) is 0.161. The van der Waals surface area contributed by atoms with Crippen LogP contribution >= 0.6 is 11.6 Å². The van der Waals surface area contributed by atoms with E-state index >= 15 is 0 Å². The highest BCUT2D eigenvalue weighted by Gasteiger charge is 2.15. The standard InChI is InChI=1S/C12H9ClF2N2O2S/c13-12-4-3-10(7-16-12)20(18,19)17-6-8-1-2-9(14)5-11(8)15/h1-5,7,17H,6H2. The molecule has 0 radical (unpaired) electrons. The van der Waals surface area contributed by atoms with E-state index in [0.29, 0.717) is 6.07 Å². The molecule has 0 aliphatic carbocycles. The number of hydrogen-bond donors (Lipinski definition) is 1. The summed E-state index contributed by atoms with van der Waals surface area (Å²) in [5.41, 5.74) is 0.0388. The topological polar surface area (TPSA) is 59.1 Å². The fourth-order valence-electron chi connectivity index (χ4n) is 1.44. The summed E-state index contributed by atoms with van der Waals surface area (Å²) < 4.78 is 52.1. The Morgan fingerprint density at radius 3 is 2.55 bits per heavy atom. The van der Waals surface area contributed by atoms with Gasteiger partial charge in [-0.1, -0.05) is 17.7 Å². The minimum absolute atomic E-state index is 0.0388. The Balaban J connectivity index is 2.15. The van der Waals surface area contributed by atoms with Gasteiger partial charge in [0.1, 0.15) is 21.7 Å². The molecule has 0 bridgehead atoms. The molecule has 0 spiro atoms. The van der Waals surface area contributed by atoms with E-state index in [-0.39, 0.29) is 22.2 Å². The van der Waals surface area contributed by atoms with Gasteiger partial charge in [-0.05, 0) is 18.2 Å². The van der Waals surface area contributed by atoms with Crippen molar-refractivity contribution in [2.45, 2.75) is 11.4 Å². The van der Waals surface area contributed by atoms with E-state index in [9.17, 15) is 17.2 Å². The monoisotopic (exact) mass is 318 g/mol. The first-order chi connectivity index (χ1) is 9.38. The van der Waals surface area contributed by atoms with Crippen LogP contribution in [0.2, 0.25) is 5.15 Å². The molecular weight excluding hydrogens is 310 g/mol. The number of nitrogens with one attached hydrogen (secondary N) is 1. The van der Waals surface area contributed by atoms with Crippen LogP contribution in [0.4, 0.5) is 8.78 Å². The van der Waals surface area contributed by atoms with Gasteiger partial charge in [0.05, 0.1) is 0 Å². The molecule has 106 valence electrons. The highest BCUT2D eigenvalue weighted by Crippen LogP contribution is 2.13. The Morgan fingerprint density at radius 2 is 1.95 bits per heavy atom. The molecule has 0 amide bonds. The molecule has 0 saturated heterocycles. The molecule has 0 aliphatic rings. The van der Waals surface area contributed by atoms with Crippen LogP contribution in [-0.4, -0.2) is 13.4 Å². The van der Waals surface area contributed by atoms with Crippen molar-refractivity contribution in [1.29, 1.82) is 0 Å². The van der Waals surface area contributed by atoms with Gasteiger partial charge in [-0.3, -0.25) is 0 Å². The molecule has 0 aliphatic heterocycles. The summed E-state index contributed by atoms with van der Waals surface area (Å²) in [6.07, 6.45) is 1.09. The molecular formula is C12H9ClF2N2O2S. The number of benzene rings is 1. The molecule has 0 unspecified atom stereocenters. The van der Waals surface area contributed by atoms with E-state index in [1.807, 2.05) is 0 Å². The molecule has 8 heteroatoms. The molecule has 20 heavy (non-hydrogen) atoms. The minimum atomic E-state index is -3.83. The van der Waals surface area contributed by atoms with E-state index in [0.717, 1.165) is 12.3 Å². The zero-order chi connectivity index (χ0) is 14.8. The van der Waals surface area contributed by atoms with Crippen molar-refractivity contribution in [3.05, 3.63) is 58.9 Å². The normalized spacial score (nSPS) is 11.6. The van der Waals surface area contributed by atoms with Crippen molar-refractivity contribution >= 4 is 21.6 Å². The maximum absolute atomic E-state index is 13.4. The van der Waals surface area contributed by atoms with Crippen LogP contribution in [0.3, 0.4) is 0 Å². The first-order valence-corrected chi connectivity index (χ1v) is 7.30. The van der Waals surface area contributed by atoms with Crippen LogP contribution in [0.1, 0.15) is 5.56 Å². The molecule has 1 N–H and O–H groups in total. The summed E-state index contributed by atoms with van der Waals surface area (Å²) >= 11 is 5.56. The summed E-state index contributed by atoms with van der Waals surface area (Å²) in [6.45, 7) is -0.295. The van der Waals surface area contributed by atoms with Gasteiger partial charge in [-0.25, -0.2) is 26.9 Å². The van der Waals surface area contributed by atoms with Gasteiger partial charge >= 0.3 is 0 Å². The van der Waals surface area contributed by atoms with Gasteiger partial charge in [0.25, 0.3) is 0 Å². The second-order valence-electron chi connectivity index (χ2n) is 3.88. The van der Waals surface area contributed by atoms with Crippen LogP contribution in [0, 0.1) is 11.6 Å². The summed E-state index contributed by atoms with van der Waals surface area (Å²) in [6, 6.07) is 5.52. The van der Waals surface area contributed by atoms with Gasteiger partial charge < -0.3 is 0 Å². The van der Waals surface area contributed by atoms with Crippen molar-refractivity contribution in [1.82, 2.24) is 9.71 Å². The SMILES string of the molecule is O=S(=O)(NCc1ccc(F)cc1F)c1ccc(Cl)nc1. The van der Waals surface area contributed by atoms with Crippen molar-refractivity contribution in [2.24, 2.45) is 0 Å². The Kier molecular flexibility index (Phi) is 4.32. The maximum Gasteiger partial charge on any atom is 0.242 e. The number of hydrogen-bond acceptors (Lipinski definition) is 3. The lowest BCUT2D eigenvalue weighted by atomic mass is 10.2. The molecule has 2 aromatic rings. The number of aromatic nitrogens is 1. The third-order valence-electron chi connectivity index (χ3n) is 2.48. The molecule has 2 rings (SSSR count). The van der Waals surface area contributed by atoms with Gasteiger partial charge in [-0.15, -0.1) is 0 Å². The molecule has 4 nitrogen and oxygen atoms in total. The highest BCUT2D eigenvalue weighted by atomic mass is 35.5. The van der Waals surface area contributed by atoms with Gasteiger partial charge in [-0.2, -0.15) is 0 Å². The fourth-order valence-corrected chi connectivity index (χ4v) is 2.50. The number of rotatable bonds is 4. The Bertz CT molecular complexity index is 721. The van der Waals surface area contributed by atoms with Crippen LogP contribution in [0.25, 0.3) is 0 Å². The highest BCUT2D eigenvalue weighted by molar-refractivity contribution is 7.89. The summed E-state index contributed by atoms with van der Waals surface area (Å²) in [5.74, 6) is -1.54. The smallest absolute Gasteiger partial charge is 0.242 e. The second kappa shape index (κ2) is 5.82. The first-order valence-electron chi connectivity index (χ1n) is 5.43. The molecule has 1 aromatic carbocycles. The molecule has 0 atom stereocenters. The Morgan fingerprint density at radius 1 is 1.20 bits per heavy atom. The maximum atomic E-state index is 13.4. The van der Waals surface area contributed by atoms with Crippen molar-refractivity contribution < 1.29 is 17.2 Å². The molecule has 1 heterocycles. The van der Waals surface area contributed by atoms with Gasteiger partial charge in [0, 0.05) is 24.4 Å². The predicted molar refractivity (Wildman–Crippen MR) is 69.6 cm³/mol. The van der Waals surface area contributed by atoms with Crippen molar-refractivity contribution in [3.8, 4) is 0 Å². The van der Waals surface area contributed by atoms with Crippen molar-refractivity contribution in [2.75, 3.05) is 0 Å². The van der Waals surface area contributed by atoms with Crippen LogP contribution in [0.5, 0.6) is 0 Å². The Labute approximate surface area is 119 Å². The zero-order valence-corrected chi connectivity index (χ0v) is 11.5. The number of halogens is 3. The molecule has 0 fully saturated rings.